The first-order valence-corrected chi connectivity index (χ1v) is 15.2. The van der Waals surface area contributed by atoms with Crippen LogP contribution in [0.15, 0.2) is 40.3 Å². The number of fused-ring (bicyclic) bond motifs is 1. The molecule has 1 aliphatic carbocycles. The topological polar surface area (TPSA) is 65.1 Å². The van der Waals surface area contributed by atoms with Gasteiger partial charge in [0.25, 0.3) is 0 Å². The maximum Gasteiger partial charge on any atom is 0.243 e. The van der Waals surface area contributed by atoms with E-state index >= 15 is 0 Å². The van der Waals surface area contributed by atoms with E-state index < -0.39 is 21.4 Å². The van der Waals surface area contributed by atoms with Crippen LogP contribution in [-0.2, 0) is 29.6 Å². The summed E-state index contributed by atoms with van der Waals surface area (Å²) in [6.07, 6.45) is 4.18. The van der Waals surface area contributed by atoms with Crippen molar-refractivity contribution in [3.8, 4) is 0 Å². The molecule has 6 nitrogen and oxygen atoms in total. The number of sulfonamides is 1. The van der Waals surface area contributed by atoms with Crippen molar-refractivity contribution in [1.29, 1.82) is 0 Å². The van der Waals surface area contributed by atoms with Gasteiger partial charge in [-0.3, -0.25) is 0 Å². The Balaban J connectivity index is 1.87. The predicted octanol–water partition coefficient (Wildman–Crippen LogP) is 5.95. The smallest absolute Gasteiger partial charge is 0.243 e. The van der Waals surface area contributed by atoms with Gasteiger partial charge in [-0.1, -0.05) is 53.7 Å². The molecule has 3 unspecified atom stereocenters. The highest BCUT2D eigenvalue weighted by molar-refractivity contribution is 7.89. The normalized spacial score (nSPS) is 29.1. The van der Waals surface area contributed by atoms with Crippen molar-refractivity contribution in [1.82, 2.24) is 4.31 Å². The van der Waals surface area contributed by atoms with Crippen molar-refractivity contribution in [2.24, 2.45) is 0 Å². The lowest BCUT2D eigenvalue weighted by Crippen LogP contribution is -2.66. The highest BCUT2D eigenvalue weighted by atomic mass is 32.2. The first kappa shape index (κ1) is 27.8. The minimum atomic E-state index is -3.77. The van der Waals surface area contributed by atoms with E-state index in [1.165, 1.54) is 11.1 Å². The van der Waals surface area contributed by atoms with E-state index in [0.29, 0.717) is 56.8 Å². The van der Waals surface area contributed by atoms with Gasteiger partial charge in [-0.25, -0.2) is 8.42 Å². The predicted molar refractivity (Wildman–Crippen MR) is 142 cm³/mol. The van der Waals surface area contributed by atoms with Gasteiger partial charge >= 0.3 is 0 Å². The third kappa shape index (κ3) is 4.49. The van der Waals surface area contributed by atoms with Gasteiger partial charge in [-0.2, -0.15) is 4.31 Å². The van der Waals surface area contributed by atoms with Crippen molar-refractivity contribution < 1.29 is 22.6 Å². The van der Waals surface area contributed by atoms with Crippen molar-refractivity contribution in [3.63, 3.8) is 0 Å². The summed E-state index contributed by atoms with van der Waals surface area (Å²) < 4.78 is 49.6. The fourth-order valence-electron chi connectivity index (χ4n) is 6.79. The average molecular weight is 520 g/mol. The molecule has 36 heavy (non-hydrogen) atoms. The highest BCUT2D eigenvalue weighted by Gasteiger charge is 2.60. The summed E-state index contributed by atoms with van der Waals surface area (Å²) in [5, 5.41) is 0. The quantitative estimate of drug-likeness (QED) is 0.416. The molecule has 0 aromatic heterocycles. The molecule has 1 aromatic rings. The molecule has 1 saturated carbocycles. The lowest BCUT2D eigenvalue weighted by Gasteiger charge is -2.57. The van der Waals surface area contributed by atoms with Gasteiger partial charge in [0.2, 0.25) is 10.0 Å². The minimum Gasteiger partial charge on any atom is -0.369 e. The van der Waals surface area contributed by atoms with Crippen LogP contribution in [-0.4, -0.2) is 56.0 Å². The van der Waals surface area contributed by atoms with Crippen LogP contribution in [0.3, 0.4) is 0 Å². The van der Waals surface area contributed by atoms with E-state index in [1.807, 2.05) is 23.4 Å². The van der Waals surface area contributed by atoms with Crippen LogP contribution < -0.4 is 0 Å². The number of ether oxygens (including phenoxy) is 3. The number of hydrogen-bond acceptors (Lipinski definition) is 5. The van der Waals surface area contributed by atoms with Crippen molar-refractivity contribution >= 4 is 10.0 Å². The average Bonchev–Trinajstić information content (AvgIpc) is 3.30. The fourth-order valence-corrected chi connectivity index (χ4v) is 8.78. The zero-order valence-electron chi connectivity index (χ0n) is 23.2. The Morgan fingerprint density at radius 2 is 1.64 bits per heavy atom. The Morgan fingerprint density at radius 1 is 1.00 bits per heavy atom. The molecule has 0 N–H and O–H groups in total. The second kappa shape index (κ2) is 10.1. The number of hydrogen-bond donors (Lipinski definition) is 0. The molecule has 2 aliphatic heterocycles. The Bertz CT molecular complexity index is 1070. The Labute approximate surface area is 218 Å². The molecule has 2 heterocycles. The SMILES string of the molecule is CCOC12CCC3(CC1=C(CC)C(CC)N(S(=O)(=O)c1ccc(C(C)(C)C)cc1)C2CC)OCCO3. The molecule has 0 radical (unpaired) electrons. The lowest BCUT2D eigenvalue weighted by molar-refractivity contribution is -0.201. The maximum atomic E-state index is 14.4. The van der Waals surface area contributed by atoms with Gasteiger partial charge in [-0.05, 0) is 66.9 Å². The lowest BCUT2D eigenvalue weighted by atomic mass is 9.66. The minimum absolute atomic E-state index is 0.0419. The fraction of sp³-hybridized carbons (Fsp3) is 0.724. The van der Waals surface area contributed by atoms with E-state index in [4.69, 9.17) is 14.2 Å². The third-order valence-electron chi connectivity index (χ3n) is 8.44. The van der Waals surface area contributed by atoms with Crippen molar-refractivity contribution in [2.75, 3.05) is 19.8 Å². The highest BCUT2D eigenvalue weighted by Crippen LogP contribution is 2.54. The second-order valence-electron chi connectivity index (χ2n) is 11.4. The molecule has 1 saturated heterocycles. The van der Waals surface area contributed by atoms with Gasteiger partial charge in [-0.15, -0.1) is 0 Å². The van der Waals surface area contributed by atoms with Crippen molar-refractivity contribution in [3.05, 3.63) is 41.0 Å². The molecule has 3 atom stereocenters. The van der Waals surface area contributed by atoms with Gasteiger partial charge in [0.15, 0.2) is 5.79 Å². The van der Waals surface area contributed by atoms with Crippen LogP contribution in [0.1, 0.15) is 92.6 Å². The van der Waals surface area contributed by atoms with E-state index in [2.05, 4.69) is 41.5 Å². The Morgan fingerprint density at radius 3 is 2.14 bits per heavy atom. The van der Waals surface area contributed by atoms with Crippen LogP contribution in [0.4, 0.5) is 0 Å². The van der Waals surface area contributed by atoms with Gasteiger partial charge in [0.05, 0.1) is 24.2 Å². The number of rotatable bonds is 7. The van der Waals surface area contributed by atoms with E-state index in [0.717, 1.165) is 12.0 Å². The summed E-state index contributed by atoms with van der Waals surface area (Å²) in [6, 6.07) is 6.97. The van der Waals surface area contributed by atoms with Gasteiger partial charge in [0.1, 0.15) is 5.60 Å². The largest absolute Gasteiger partial charge is 0.369 e. The summed E-state index contributed by atoms with van der Waals surface area (Å²) >= 11 is 0. The van der Waals surface area contributed by atoms with E-state index in [9.17, 15) is 8.42 Å². The second-order valence-corrected chi connectivity index (χ2v) is 13.3. The molecule has 1 aromatic carbocycles. The van der Waals surface area contributed by atoms with Crippen LogP contribution in [0.5, 0.6) is 0 Å². The number of nitrogens with zero attached hydrogens (tertiary/aromatic N) is 1. The van der Waals surface area contributed by atoms with E-state index in [-0.39, 0.29) is 17.5 Å². The first-order chi connectivity index (χ1) is 17.0. The summed E-state index contributed by atoms with van der Waals surface area (Å²) in [5.41, 5.74) is 2.80. The Hall–Kier alpha value is -1.25. The molecule has 4 rings (SSSR count). The van der Waals surface area contributed by atoms with Gasteiger partial charge in [0, 0.05) is 25.5 Å². The summed E-state index contributed by atoms with van der Waals surface area (Å²) in [4.78, 5) is 0.354. The third-order valence-corrected chi connectivity index (χ3v) is 10.4. The summed E-state index contributed by atoms with van der Waals surface area (Å²) in [6.45, 7) is 16.5. The molecule has 7 heteroatoms. The van der Waals surface area contributed by atoms with Crippen molar-refractivity contribution in [2.45, 2.75) is 121 Å². The zero-order chi connectivity index (χ0) is 26.4. The van der Waals surface area contributed by atoms with Crippen LogP contribution in [0.2, 0.25) is 0 Å². The molecule has 3 aliphatic rings. The van der Waals surface area contributed by atoms with E-state index in [1.54, 1.807) is 12.1 Å². The molecular weight excluding hydrogens is 474 g/mol. The van der Waals surface area contributed by atoms with Gasteiger partial charge < -0.3 is 14.2 Å². The molecule has 1 spiro atoms. The molecule has 2 fully saturated rings. The zero-order valence-corrected chi connectivity index (χ0v) is 24.0. The standard InChI is InChI=1S/C29H45NO5S/c1-8-23-24-20-28(34-18-19-35-28)16-17-29(24,33-11-4)26(10-3)30(25(23)9-2)36(31,32)22-14-12-21(13-15-22)27(5,6)7/h12-15,25-26H,8-11,16-20H2,1-7H3. The molecule has 202 valence electrons. The van der Waals surface area contributed by atoms with Crippen LogP contribution in [0.25, 0.3) is 0 Å². The number of benzene rings is 1. The summed E-state index contributed by atoms with van der Waals surface area (Å²) in [7, 11) is -3.77. The van der Waals surface area contributed by atoms with Crippen LogP contribution in [0, 0.1) is 0 Å². The summed E-state index contributed by atoms with van der Waals surface area (Å²) in [5.74, 6) is -0.600. The molecule has 0 bridgehead atoms. The first-order valence-electron chi connectivity index (χ1n) is 13.8. The Kier molecular flexibility index (Phi) is 7.82. The maximum absolute atomic E-state index is 14.4. The van der Waals surface area contributed by atoms with Crippen LogP contribution >= 0.6 is 0 Å². The molecular formula is C29H45NO5S. The monoisotopic (exact) mass is 519 g/mol. The molecule has 0 amide bonds.